The first-order valence-corrected chi connectivity index (χ1v) is 7.54. The van der Waals surface area contributed by atoms with E-state index in [0.717, 1.165) is 0 Å². The predicted octanol–water partition coefficient (Wildman–Crippen LogP) is 2.88. The first kappa shape index (κ1) is 16.3. The van der Waals surface area contributed by atoms with Gasteiger partial charge in [0, 0.05) is 18.0 Å². The van der Waals surface area contributed by atoms with Gasteiger partial charge in [-0.2, -0.15) is 0 Å². The highest BCUT2D eigenvalue weighted by molar-refractivity contribution is 6.00. The first-order chi connectivity index (χ1) is 10.8. The van der Waals surface area contributed by atoms with Gasteiger partial charge < -0.3 is 9.47 Å². The molecule has 23 heavy (non-hydrogen) atoms. The third-order valence-electron chi connectivity index (χ3n) is 4.63. The van der Waals surface area contributed by atoms with Crippen LogP contribution in [0.4, 0.5) is 13.2 Å². The summed E-state index contributed by atoms with van der Waals surface area (Å²) >= 11 is 0. The van der Waals surface area contributed by atoms with E-state index in [9.17, 15) is 18.0 Å². The van der Waals surface area contributed by atoms with Crippen molar-refractivity contribution in [2.45, 2.75) is 31.3 Å². The molecule has 2 heterocycles. The number of nitrogens with zero attached hydrogens (tertiary/aromatic N) is 1. The maximum atomic E-state index is 12.7. The molecule has 2 fully saturated rings. The normalized spacial score (nSPS) is 28.4. The van der Waals surface area contributed by atoms with E-state index in [1.165, 1.54) is 18.2 Å². The fraction of sp³-hybridized carbons (Fsp3) is 0.562. The van der Waals surface area contributed by atoms with Crippen molar-refractivity contribution in [3.8, 4) is 5.75 Å². The summed E-state index contributed by atoms with van der Waals surface area (Å²) in [5.74, 6) is -1.01. The van der Waals surface area contributed by atoms with Gasteiger partial charge in [-0.05, 0) is 32.0 Å². The third-order valence-corrected chi connectivity index (χ3v) is 4.63. The predicted molar refractivity (Wildman–Crippen MR) is 76.3 cm³/mol. The summed E-state index contributed by atoms with van der Waals surface area (Å²) in [7, 11) is 2.00. The maximum absolute atomic E-state index is 12.7. The molecule has 2 atom stereocenters. The smallest absolute Gasteiger partial charge is 0.405 e. The van der Waals surface area contributed by atoms with Crippen LogP contribution in [0.15, 0.2) is 24.3 Å². The standard InChI is InChI=1S/C16H18F3NO3/c1-20-11-6-10(7-12(20)9-22-8-11)15(21)13-4-2-3-5-14(13)23-16(17,18)19/h2-5,10-12H,6-9H2,1H3. The number of carbonyl (C=O) groups is 1. The summed E-state index contributed by atoms with van der Waals surface area (Å²) in [4.78, 5) is 14.9. The van der Waals surface area contributed by atoms with Gasteiger partial charge in [0.15, 0.2) is 5.78 Å². The number of likely N-dealkylation sites (N-methyl/N-ethyl adjacent to an activating group) is 1. The number of hydrogen-bond donors (Lipinski definition) is 0. The number of carbonyl (C=O) groups excluding carboxylic acids is 1. The summed E-state index contributed by atoms with van der Waals surface area (Å²) in [6.07, 6.45) is -3.63. The van der Waals surface area contributed by atoms with Gasteiger partial charge in [-0.3, -0.25) is 9.69 Å². The number of hydrogen-bond acceptors (Lipinski definition) is 4. The van der Waals surface area contributed by atoms with Crippen molar-refractivity contribution in [2.75, 3.05) is 20.3 Å². The van der Waals surface area contributed by atoms with Gasteiger partial charge in [0.1, 0.15) is 5.75 Å². The van der Waals surface area contributed by atoms with Crippen molar-refractivity contribution < 1.29 is 27.4 Å². The largest absolute Gasteiger partial charge is 0.573 e. The zero-order chi connectivity index (χ0) is 16.6. The van der Waals surface area contributed by atoms with Crippen molar-refractivity contribution >= 4 is 5.78 Å². The molecule has 0 radical (unpaired) electrons. The maximum Gasteiger partial charge on any atom is 0.573 e. The van der Waals surface area contributed by atoms with Crippen LogP contribution in [0, 0.1) is 5.92 Å². The zero-order valence-corrected chi connectivity index (χ0v) is 12.7. The molecular weight excluding hydrogens is 311 g/mol. The van der Waals surface area contributed by atoms with Crippen LogP contribution in [0.1, 0.15) is 23.2 Å². The summed E-state index contributed by atoms with van der Waals surface area (Å²) in [6.45, 7) is 1.11. The highest BCUT2D eigenvalue weighted by Crippen LogP contribution is 2.35. The highest BCUT2D eigenvalue weighted by Gasteiger charge is 2.40. The van der Waals surface area contributed by atoms with E-state index >= 15 is 0 Å². The fourth-order valence-electron chi connectivity index (χ4n) is 3.41. The Morgan fingerprint density at radius 3 is 2.43 bits per heavy atom. The molecule has 7 heteroatoms. The van der Waals surface area contributed by atoms with E-state index in [1.54, 1.807) is 6.07 Å². The van der Waals surface area contributed by atoms with Gasteiger partial charge in [0.05, 0.1) is 18.8 Å². The lowest BCUT2D eigenvalue weighted by molar-refractivity contribution is -0.274. The molecule has 4 nitrogen and oxygen atoms in total. The van der Waals surface area contributed by atoms with Gasteiger partial charge in [-0.1, -0.05) is 12.1 Å². The molecule has 1 aromatic rings. The van der Waals surface area contributed by atoms with Gasteiger partial charge in [0.25, 0.3) is 0 Å². The molecule has 0 saturated carbocycles. The van der Waals surface area contributed by atoms with E-state index in [4.69, 9.17) is 4.74 Å². The van der Waals surface area contributed by atoms with Crippen molar-refractivity contribution in [1.82, 2.24) is 4.90 Å². The topological polar surface area (TPSA) is 38.8 Å². The average molecular weight is 329 g/mol. The number of benzene rings is 1. The molecule has 0 aromatic heterocycles. The van der Waals surface area contributed by atoms with E-state index < -0.39 is 12.1 Å². The van der Waals surface area contributed by atoms with Crippen LogP contribution in [0.2, 0.25) is 0 Å². The molecule has 2 aliphatic heterocycles. The molecule has 0 spiro atoms. The van der Waals surface area contributed by atoms with Gasteiger partial charge >= 0.3 is 6.36 Å². The number of ketones is 1. The van der Waals surface area contributed by atoms with Crippen molar-refractivity contribution in [2.24, 2.45) is 5.92 Å². The Morgan fingerprint density at radius 2 is 1.83 bits per heavy atom. The minimum absolute atomic E-state index is 0.00151. The molecule has 2 saturated heterocycles. The number of rotatable bonds is 3. The molecule has 1 aromatic carbocycles. The van der Waals surface area contributed by atoms with Gasteiger partial charge in [0.2, 0.25) is 0 Å². The fourth-order valence-corrected chi connectivity index (χ4v) is 3.41. The Bertz CT molecular complexity index is 576. The number of ether oxygens (including phenoxy) is 2. The second kappa shape index (κ2) is 6.13. The lowest BCUT2D eigenvalue weighted by atomic mass is 9.81. The molecular formula is C16H18F3NO3. The van der Waals surface area contributed by atoms with Crippen LogP contribution in [-0.4, -0.2) is 49.4 Å². The average Bonchev–Trinajstić information content (AvgIpc) is 2.45. The van der Waals surface area contributed by atoms with E-state index in [0.29, 0.717) is 26.1 Å². The Balaban J connectivity index is 1.81. The van der Waals surface area contributed by atoms with Crippen molar-refractivity contribution in [3.63, 3.8) is 0 Å². The molecule has 2 aliphatic rings. The molecule has 3 rings (SSSR count). The third kappa shape index (κ3) is 3.50. The number of alkyl halides is 3. The number of piperidine rings is 1. The highest BCUT2D eigenvalue weighted by atomic mass is 19.4. The summed E-state index contributed by atoms with van der Waals surface area (Å²) in [5, 5.41) is 0. The monoisotopic (exact) mass is 329 g/mol. The van der Waals surface area contributed by atoms with Crippen LogP contribution in [-0.2, 0) is 4.74 Å². The van der Waals surface area contributed by atoms with Gasteiger partial charge in [-0.15, -0.1) is 13.2 Å². The second-order valence-corrected chi connectivity index (χ2v) is 6.09. The number of morpholine rings is 1. The Hall–Kier alpha value is -1.60. The SMILES string of the molecule is CN1C2COCC1CC(C(=O)c1ccccc1OC(F)(F)F)C2. The van der Waals surface area contributed by atoms with Crippen LogP contribution < -0.4 is 4.74 Å². The second-order valence-electron chi connectivity index (χ2n) is 6.09. The molecule has 0 aliphatic carbocycles. The minimum Gasteiger partial charge on any atom is -0.405 e. The molecule has 2 bridgehead atoms. The van der Waals surface area contributed by atoms with Crippen LogP contribution in [0.25, 0.3) is 0 Å². The quantitative estimate of drug-likeness (QED) is 0.800. The van der Waals surface area contributed by atoms with Crippen LogP contribution in [0.3, 0.4) is 0 Å². The summed E-state index contributed by atoms with van der Waals surface area (Å²) in [5.41, 5.74) is -0.00151. The first-order valence-electron chi connectivity index (χ1n) is 7.54. The lowest BCUT2D eigenvalue weighted by Gasteiger charge is -2.46. The van der Waals surface area contributed by atoms with Crippen molar-refractivity contribution in [1.29, 1.82) is 0 Å². The number of para-hydroxylation sites is 1. The van der Waals surface area contributed by atoms with E-state index in [1.807, 2.05) is 7.05 Å². The van der Waals surface area contributed by atoms with Crippen LogP contribution >= 0.6 is 0 Å². The Kier molecular flexibility index (Phi) is 4.33. The molecule has 0 N–H and O–H groups in total. The molecule has 2 unspecified atom stereocenters. The van der Waals surface area contributed by atoms with Crippen LogP contribution in [0.5, 0.6) is 5.75 Å². The minimum atomic E-state index is -4.81. The summed E-state index contributed by atoms with van der Waals surface area (Å²) in [6, 6.07) is 5.82. The molecule has 126 valence electrons. The number of halogens is 3. The Labute approximate surface area is 132 Å². The van der Waals surface area contributed by atoms with E-state index in [-0.39, 0.29) is 29.3 Å². The number of Topliss-reactive ketones (excluding diaryl/α,β-unsaturated/α-hetero) is 1. The lowest BCUT2D eigenvalue weighted by Crippen LogP contribution is -2.55. The summed E-state index contributed by atoms with van der Waals surface area (Å²) < 4.78 is 47.0. The number of fused-ring (bicyclic) bond motifs is 2. The molecule has 0 amide bonds. The van der Waals surface area contributed by atoms with E-state index in [2.05, 4.69) is 9.64 Å². The van der Waals surface area contributed by atoms with Gasteiger partial charge in [-0.25, -0.2) is 0 Å². The zero-order valence-electron chi connectivity index (χ0n) is 12.7. The Morgan fingerprint density at radius 1 is 1.22 bits per heavy atom. The van der Waals surface area contributed by atoms with Crippen molar-refractivity contribution in [3.05, 3.63) is 29.8 Å².